The number of aryl methyl sites for hydroxylation is 1. The highest BCUT2D eigenvalue weighted by Crippen LogP contribution is 2.19. The van der Waals surface area contributed by atoms with Gasteiger partial charge in [0.1, 0.15) is 16.8 Å². The summed E-state index contributed by atoms with van der Waals surface area (Å²) in [5.41, 5.74) is 4.06. The molecule has 4 aromatic rings. The molecular weight excluding hydrogens is 388 g/mol. The molecule has 0 aliphatic carbocycles. The number of amides is 1. The van der Waals surface area contributed by atoms with Crippen LogP contribution >= 0.6 is 11.6 Å². The van der Waals surface area contributed by atoms with Gasteiger partial charge in [0.25, 0.3) is 5.91 Å². The Labute approximate surface area is 173 Å². The third kappa shape index (κ3) is 4.55. The second-order valence-electron chi connectivity index (χ2n) is 6.50. The minimum Gasteiger partial charge on any atom is -0.484 e. The largest absolute Gasteiger partial charge is 0.484 e. The van der Waals surface area contributed by atoms with Gasteiger partial charge in [0.05, 0.1) is 5.69 Å². The summed E-state index contributed by atoms with van der Waals surface area (Å²) in [5, 5.41) is 12.4. The van der Waals surface area contributed by atoms with E-state index in [0.29, 0.717) is 22.0 Å². The first kappa shape index (κ1) is 19.0. The van der Waals surface area contributed by atoms with Crippen LogP contribution in [0, 0.1) is 0 Å². The lowest BCUT2D eigenvalue weighted by atomic mass is 10.2. The van der Waals surface area contributed by atoms with Crippen LogP contribution in [0.4, 0.5) is 5.69 Å². The Balaban J connectivity index is 1.42. The average Bonchev–Trinajstić information content (AvgIpc) is 3.16. The van der Waals surface area contributed by atoms with E-state index in [4.69, 9.17) is 16.3 Å². The molecule has 0 radical (unpaired) electrons. The number of rotatable bonds is 6. The van der Waals surface area contributed by atoms with E-state index in [1.807, 2.05) is 42.5 Å². The molecule has 0 aliphatic heterocycles. The van der Waals surface area contributed by atoms with E-state index in [2.05, 4.69) is 22.4 Å². The lowest BCUT2D eigenvalue weighted by Gasteiger charge is -2.08. The number of hydrogen-bond acceptors (Lipinski definition) is 4. The van der Waals surface area contributed by atoms with Gasteiger partial charge in [0, 0.05) is 10.7 Å². The second-order valence-corrected chi connectivity index (χ2v) is 6.94. The maximum absolute atomic E-state index is 12.2. The zero-order chi connectivity index (χ0) is 20.2. The standard InChI is InChI=1S/C22H19ClN4O2/c1-2-15-3-10-19(11-4-15)29-14-22(28)24-17-7-12-20-21(13-17)26-27(25-20)18-8-5-16(23)6-9-18/h3-13H,2,14H2,1H3,(H,24,28). The van der Waals surface area contributed by atoms with Gasteiger partial charge in [0.15, 0.2) is 6.61 Å². The summed E-state index contributed by atoms with van der Waals surface area (Å²) >= 11 is 5.92. The van der Waals surface area contributed by atoms with Crippen molar-refractivity contribution in [3.8, 4) is 11.4 Å². The highest BCUT2D eigenvalue weighted by Gasteiger charge is 2.08. The molecule has 0 bridgehead atoms. The Bertz CT molecular complexity index is 1140. The number of halogens is 1. The first-order valence-corrected chi connectivity index (χ1v) is 9.63. The van der Waals surface area contributed by atoms with Gasteiger partial charge in [-0.1, -0.05) is 30.7 Å². The summed E-state index contributed by atoms with van der Waals surface area (Å²) in [6, 6.07) is 20.4. The van der Waals surface area contributed by atoms with Gasteiger partial charge in [-0.25, -0.2) is 0 Å². The van der Waals surface area contributed by atoms with Crippen molar-refractivity contribution in [2.45, 2.75) is 13.3 Å². The molecule has 1 amide bonds. The number of aromatic nitrogens is 3. The van der Waals surface area contributed by atoms with Crippen molar-refractivity contribution in [3.05, 3.63) is 77.3 Å². The van der Waals surface area contributed by atoms with Gasteiger partial charge >= 0.3 is 0 Å². The monoisotopic (exact) mass is 406 g/mol. The number of ether oxygens (including phenoxy) is 1. The molecule has 29 heavy (non-hydrogen) atoms. The van der Waals surface area contributed by atoms with Crippen molar-refractivity contribution in [2.75, 3.05) is 11.9 Å². The van der Waals surface area contributed by atoms with Crippen molar-refractivity contribution < 1.29 is 9.53 Å². The van der Waals surface area contributed by atoms with E-state index in [1.54, 1.807) is 24.3 Å². The minimum atomic E-state index is -0.242. The zero-order valence-electron chi connectivity index (χ0n) is 15.8. The van der Waals surface area contributed by atoms with Crippen LogP contribution in [-0.4, -0.2) is 27.5 Å². The van der Waals surface area contributed by atoms with Crippen molar-refractivity contribution in [2.24, 2.45) is 0 Å². The Morgan fingerprint density at radius 1 is 1.00 bits per heavy atom. The molecule has 6 nitrogen and oxygen atoms in total. The number of benzene rings is 3. The van der Waals surface area contributed by atoms with Crippen LogP contribution in [0.3, 0.4) is 0 Å². The fraction of sp³-hybridized carbons (Fsp3) is 0.136. The smallest absolute Gasteiger partial charge is 0.262 e. The van der Waals surface area contributed by atoms with Crippen LogP contribution in [-0.2, 0) is 11.2 Å². The fourth-order valence-corrected chi connectivity index (χ4v) is 2.98. The molecule has 0 spiro atoms. The maximum Gasteiger partial charge on any atom is 0.262 e. The normalized spacial score (nSPS) is 10.8. The maximum atomic E-state index is 12.2. The van der Waals surface area contributed by atoms with Crippen molar-refractivity contribution in [3.63, 3.8) is 0 Å². The SMILES string of the molecule is CCc1ccc(OCC(=O)Nc2ccc3nn(-c4ccc(Cl)cc4)nc3c2)cc1. The Morgan fingerprint density at radius 2 is 1.72 bits per heavy atom. The lowest BCUT2D eigenvalue weighted by Crippen LogP contribution is -2.20. The number of nitrogens with one attached hydrogen (secondary N) is 1. The van der Waals surface area contributed by atoms with Crippen molar-refractivity contribution >= 4 is 34.2 Å². The first-order valence-electron chi connectivity index (χ1n) is 9.25. The Kier molecular flexibility index (Phi) is 5.44. The van der Waals surface area contributed by atoms with Gasteiger partial charge in [-0.05, 0) is 66.6 Å². The molecule has 0 aliphatic rings. The molecule has 1 aromatic heterocycles. The summed E-state index contributed by atoms with van der Waals surface area (Å²) in [6.07, 6.45) is 0.964. The van der Waals surface area contributed by atoms with E-state index in [-0.39, 0.29) is 12.5 Å². The van der Waals surface area contributed by atoms with Crippen LogP contribution in [0.2, 0.25) is 5.02 Å². The van der Waals surface area contributed by atoms with Crippen LogP contribution in [0.5, 0.6) is 5.75 Å². The summed E-state index contributed by atoms with van der Waals surface area (Å²) in [7, 11) is 0. The molecule has 3 aromatic carbocycles. The number of carbonyl (C=O) groups excluding carboxylic acids is 1. The fourth-order valence-electron chi connectivity index (χ4n) is 2.85. The van der Waals surface area contributed by atoms with Gasteiger partial charge < -0.3 is 10.1 Å². The Hall–Kier alpha value is -3.38. The summed E-state index contributed by atoms with van der Waals surface area (Å²) in [5.74, 6) is 0.424. The van der Waals surface area contributed by atoms with Crippen LogP contribution in [0.25, 0.3) is 16.7 Å². The number of anilines is 1. The van der Waals surface area contributed by atoms with Gasteiger partial charge in [-0.2, -0.15) is 4.80 Å². The molecule has 1 heterocycles. The number of nitrogens with zero attached hydrogens (tertiary/aromatic N) is 3. The lowest BCUT2D eigenvalue weighted by molar-refractivity contribution is -0.118. The van der Waals surface area contributed by atoms with E-state index in [1.165, 1.54) is 10.4 Å². The summed E-state index contributed by atoms with van der Waals surface area (Å²) < 4.78 is 5.54. The third-order valence-electron chi connectivity index (χ3n) is 4.42. The molecule has 0 unspecified atom stereocenters. The number of fused-ring (bicyclic) bond motifs is 1. The third-order valence-corrected chi connectivity index (χ3v) is 4.68. The zero-order valence-corrected chi connectivity index (χ0v) is 16.6. The van der Waals surface area contributed by atoms with E-state index in [9.17, 15) is 4.79 Å². The molecule has 4 rings (SSSR count). The molecule has 0 saturated carbocycles. The van der Waals surface area contributed by atoms with Gasteiger partial charge in [-0.15, -0.1) is 10.2 Å². The van der Waals surface area contributed by atoms with Crippen molar-refractivity contribution in [1.29, 1.82) is 0 Å². The second kappa shape index (κ2) is 8.32. The van der Waals surface area contributed by atoms with Crippen LogP contribution < -0.4 is 10.1 Å². The summed E-state index contributed by atoms with van der Waals surface area (Å²) in [4.78, 5) is 13.8. The quantitative estimate of drug-likeness (QED) is 0.506. The predicted molar refractivity (Wildman–Crippen MR) is 114 cm³/mol. The van der Waals surface area contributed by atoms with Gasteiger partial charge in [0.2, 0.25) is 0 Å². The van der Waals surface area contributed by atoms with E-state index < -0.39 is 0 Å². The van der Waals surface area contributed by atoms with E-state index >= 15 is 0 Å². The number of hydrogen-bond donors (Lipinski definition) is 1. The Morgan fingerprint density at radius 3 is 2.45 bits per heavy atom. The molecular formula is C22H19ClN4O2. The highest BCUT2D eigenvalue weighted by atomic mass is 35.5. The van der Waals surface area contributed by atoms with Crippen LogP contribution in [0.1, 0.15) is 12.5 Å². The van der Waals surface area contributed by atoms with Gasteiger partial charge in [-0.3, -0.25) is 4.79 Å². The van der Waals surface area contributed by atoms with Crippen molar-refractivity contribution in [1.82, 2.24) is 15.0 Å². The molecule has 0 atom stereocenters. The molecule has 7 heteroatoms. The van der Waals surface area contributed by atoms with Crippen LogP contribution in [0.15, 0.2) is 66.7 Å². The minimum absolute atomic E-state index is 0.0685. The van der Waals surface area contributed by atoms with E-state index in [0.717, 1.165) is 17.6 Å². The predicted octanol–water partition coefficient (Wildman–Crippen LogP) is 4.65. The highest BCUT2D eigenvalue weighted by molar-refractivity contribution is 6.30. The topological polar surface area (TPSA) is 69.0 Å². The molecule has 146 valence electrons. The molecule has 0 saturated heterocycles. The number of carbonyl (C=O) groups is 1. The molecule has 1 N–H and O–H groups in total. The first-order chi connectivity index (χ1) is 14.1. The molecule has 0 fully saturated rings. The average molecular weight is 407 g/mol. The summed E-state index contributed by atoms with van der Waals surface area (Å²) in [6.45, 7) is 2.02.